The summed E-state index contributed by atoms with van der Waals surface area (Å²) in [4.78, 5) is 0. The van der Waals surface area contributed by atoms with Crippen LogP contribution in [0.5, 0.6) is 0 Å². The van der Waals surface area contributed by atoms with Crippen molar-refractivity contribution in [3.05, 3.63) is 11.6 Å². The van der Waals surface area contributed by atoms with Gasteiger partial charge in [-0.1, -0.05) is 45.8 Å². The first-order valence-electron chi connectivity index (χ1n) is 6.27. The van der Waals surface area contributed by atoms with Gasteiger partial charge in [0.2, 0.25) is 0 Å². The molecule has 0 rings (SSSR count). The third-order valence-electron chi connectivity index (χ3n) is 3.00. The van der Waals surface area contributed by atoms with Crippen LogP contribution in [0, 0.1) is 17.8 Å². The largest absolute Gasteiger partial charge is 0.396 e. The Morgan fingerprint density at radius 1 is 1.20 bits per heavy atom. The molecule has 0 saturated heterocycles. The van der Waals surface area contributed by atoms with Gasteiger partial charge in [-0.25, -0.2) is 0 Å². The van der Waals surface area contributed by atoms with Gasteiger partial charge >= 0.3 is 0 Å². The highest BCUT2D eigenvalue weighted by Gasteiger charge is 2.08. The van der Waals surface area contributed by atoms with Crippen LogP contribution in [0.15, 0.2) is 11.6 Å². The van der Waals surface area contributed by atoms with Crippen LogP contribution < -0.4 is 0 Å². The second kappa shape index (κ2) is 7.92. The molecule has 0 spiro atoms. The molecular formula is C14H28O. The summed E-state index contributed by atoms with van der Waals surface area (Å²) in [5, 5.41) is 8.99. The Labute approximate surface area is 95.6 Å². The molecule has 0 aromatic carbocycles. The highest BCUT2D eigenvalue weighted by atomic mass is 16.3. The summed E-state index contributed by atoms with van der Waals surface area (Å²) in [5.74, 6) is 1.83. The van der Waals surface area contributed by atoms with Crippen molar-refractivity contribution in [2.45, 2.75) is 53.9 Å². The Bertz CT molecular complexity index is 184. The average molecular weight is 212 g/mol. The molecule has 0 aliphatic rings. The molecule has 0 aliphatic heterocycles. The number of allylic oxidation sites excluding steroid dienone is 2. The highest BCUT2D eigenvalue weighted by Crippen LogP contribution is 2.20. The quantitative estimate of drug-likeness (QED) is 0.632. The summed E-state index contributed by atoms with van der Waals surface area (Å²) in [5.41, 5.74) is 1.50. The minimum atomic E-state index is 0.318. The summed E-state index contributed by atoms with van der Waals surface area (Å²) < 4.78 is 0. The fraction of sp³-hybridized carbons (Fsp3) is 0.857. The Kier molecular flexibility index (Phi) is 7.76. The first kappa shape index (κ1) is 14.7. The maximum absolute atomic E-state index is 8.99. The molecular weight excluding hydrogens is 184 g/mol. The lowest BCUT2D eigenvalue weighted by Crippen LogP contribution is -2.07. The van der Waals surface area contributed by atoms with Crippen molar-refractivity contribution in [1.29, 1.82) is 0 Å². The van der Waals surface area contributed by atoms with Crippen molar-refractivity contribution in [3.8, 4) is 0 Å². The summed E-state index contributed by atoms with van der Waals surface area (Å²) >= 11 is 0. The molecule has 0 unspecified atom stereocenters. The zero-order chi connectivity index (χ0) is 11.8. The van der Waals surface area contributed by atoms with Crippen LogP contribution in [0.25, 0.3) is 0 Å². The molecule has 1 nitrogen and oxygen atoms in total. The van der Waals surface area contributed by atoms with Gasteiger partial charge in [-0.15, -0.1) is 0 Å². The lowest BCUT2D eigenvalue weighted by atomic mass is 9.91. The summed E-state index contributed by atoms with van der Waals surface area (Å²) in [6.07, 6.45) is 5.91. The summed E-state index contributed by atoms with van der Waals surface area (Å²) in [6, 6.07) is 0. The first-order valence-corrected chi connectivity index (χ1v) is 6.27. The predicted octanol–water partition coefficient (Wildman–Crippen LogP) is 4.02. The van der Waals surface area contributed by atoms with Gasteiger partial charge in [-0.3, -0.25) is 0 Å². The maximum Gasteiger partial charge on any atom is 0.0456 e. The molecule has 0 saturated carbocycles. The van der Waals surface area contributed by atoms with Crippen LogP contribution >= 0.6 is 0 Å². The van der Waals surface area contributed by atoms with E-state index in [1.165, 1.54) is 18.4 Å². The van der Waals surface area contributed by atoms with E-state index < -0.39 is 0 Å². The van der Waals surface area contributed by atoms with Crippen molar-refractivity contribution in [1.82, 2.24) is 0 Å². The van der Waals surface area contributed by atoms with Gasteiger partial charge in [0.1, 0.15) is 0 Å². The van der Waals surface area contributed by atoms with Crippen LogP contribution in [0.2, 0.25) is 0 Å². The third-order valence-corrected chi connectivity index (χ3v) is 3.00. The zero-order valence-electron chi connectivity index (χ0n) is 11.1. The van der Waals surface area contributed by atoms with Crippen LogP contribution in [-0.4, -0.2) is 11.7 Å². The van der Waals surface area contributed by atoms with E-state index in [1.807, 2.05) is 0 Å². The smallest absolute Gasteiger partial charge is 0.0456 e. The van der Waals surface area contributed by atoms with Gasteiger partial charge in [0, 0.05) is 6.61 Å². The Morgan fingerprint density at radius 3 is 2.27 bits per heavy atom. The van der Waals surface area contributed by atoms with Gasteiger partial charge in [-0.2, -0.15) is 0 Å². The average Bonchev–Trinajstić information content (AvgIpc) is 2.16. The molecule has 0 aromatic heterocycles. The van der Waals surface area contributed by atoms with Crippen molar-refractivity contribution >= 4 is 0 Å². The van der Waals surface area contributed by atoms with Crippen molar-refractivity contribution in [2.24, 2.45) is 17.8 Å². The number of aliphatic hydroxyl groups is 1. The van der Waals surface area contributed by atoms with Crippen molar-refractivity contribution < 1.29 is 5.11 Å². The monoisotopic (exact) mass is 212 g/mol. The molecule has 0 radical (unpaired) electrons. The molecule has 15 heavy (non-hydrogen) atoms. The van der Waals surface area contributed by atoms with Crippen LogP contribution in [0.3, 0.4) is 0 Å². The molecule has 3 atom stereocenters. The summed E-state index contributed by atoms with van der Waals surface area (Å²) in [6.45, 7) is 11.4. The van der Waals surface area contributed by atoms with Gasteiger partial charge in [-0.05, 0) is 37.5 Å². The third kappa shape index (κ3) is 7.61. The second-order valence-corrected chi connectivity index (χ2v) is 5.23. The topological polar surface area (TPSA) is 20.2 Å². The fourth-order valence-electron chi connectivity index (χ4n) is 2.07. The highest BCUT2D eigenvalue weighted by molar-refractivity contribution is 5.01. The fourth-order valence-corrected chi connectivity index (χ4v) is 2.07. The van der Waals surface area contributed by atoms with Crippen molar-refractivity contribution in [3.63, 3.8) is 0 Å². The molecule has 1 heteroatoms. The minimum absolute atomic E-state index is 0.318. The minimum Gasteiger partial charge on any atom is -0.396 e. The number of rotatable bonds is 7. The molecule has 0 fully saturated rings. The number of hydrogen-bond acceptors (Lipinski definition) is 1. The van der Waals surface area contributed by atoms with Crippen LogP contribution in [0.1, 0.15) is 53.9 Å². The van der Waals surface area contributed by atoms with Gasteiger partial charge < -0.3 is 5.11 Å². The van der Waals surface area contributed by atoms with E-state index in [1.54, 1.807) is 0 Å². The second-order valence-electron chi connectivity index (χ2n) is 5.23. The van der Waals surface area contributed by atoms with E-state index in [4.69, 9.17) is 5.11 Å². The van der Waals surface area contributed by atoms with E-state index >= 15 is 0 Å². The number of hydrogen-bond donors (Lipinski definition) is 1. The molecule has 0 bridgehead atoms. The van der Waals surface area contributed by atoms with Gasteiger partial charge in [0.25, 0.3) is 0 Å². The molecule has 0 heterocycles. The number of aliphatic hydroxyl groups excluding tert-OH is 1. The van der Waals surface area contributed by atoms with Crippen LogP contribution in [-0.2, 0) is 0 Å². The standard InChI is InChI=1S/C14H28O/c1-6-11(2)7-12(3)8-13(4)9-14(5)10-15/h7,11,13-15H,6,8-10H2,1-5H3/b12-7+/t11-,13-,14-/m1/s1. The molecule has 1 N–H and O–H groups in total. The molecule has 0 amide bonds. The van der Waals surface area contributed by atoms with Gasteiger partial charge in [0.15, 0.2) is 0 Å². The van der Waals surface area contributed by atoms with E-state index in [2.05, 4.69) is 40.7 Å². The Hall–Kier alpha value is -0.300. The van der Waals surface area contributed by atoms with Gasteiger partial charge in [0.05, 0.1) is 0 Å². The van der Waals surface area contributed by atoms with E-state index in [0.717, 1.165) is 6.42 Å². The van der Waals surface area contributed by atoms with E-state index in [-0.39, 0.29) is 0 Å². The van der Waals surface area contributed by atoms with E-state index in [9.17, 15) is 0 Å². The molecule has 0 aromatic rings. The normalized spacial score (nSPS) is 18.7. The Morgan fingerprint density at radius 2 is 1.80 bits per heavy atom. The molecule has 90 valence electrons. The zero-order valence-corrected chi connectivity index (χ0v) is 11.1. The first-order chi connectivity index (χ1) is 6.99. The maximum atomic E-state index is 8.99. The summed E-state index contributed by atoms with van der Waals surface area (Å²) in [7, 11) is 0. The molecule has 0 aliphatic carbocycles. The van der Waals surface area contributed by atoms with E-state index in [0.29, 0.717) is 24.4 Å². The Balaban J connectivity index is 3.94. The van der Waals surface area contributed by atoms with Crippen molar-refractivity contribution in [2.75, 3.05) is 6.61 Å². The van der Waals surface area contributed by atoms with Crippen LogP contribution in [0.4, 0.5) is 0 Å². The lowest BCUT2D eigenvalue weighted by molar-refractivity contribution is 0.215. The predicted molar refractivity (Wildman–Crippen MR) is 67.9 cm³/mol. The lowest BCUT2D eigenvalue weighted by Gasteiger charge is -2.16. The SMILES string of the molecule is CC[C@@H](C)/C=C(\C)C[C@@H](C)C[C@@H](C)CO.